The minimum Gasteiger partial charge on any atom is -0.756 e. The molecule has 0 aromatic carbocycles. The summed E-state index contributed by atoms with van der Waals surface area (Å²) < 4.78 is 30.3. The van der Waals surface area contributed by atoms with E-state index in [2.05, 4.69) is 99.0 Å². The van der Waals surface area contributed by atoms with E-state index in [4.69, 9.17) is 13.8 Å². The van der Waals surface area contributed by atoms with Gasteiger partial charge in [0.1, 0.15) is 19.3 Å². The van der Waals surface area contributed by atoms with Crippen molar-refractivity contribution in [3.63, 3.8) is 0 Å². The number of esters is 1. The van der Waals surface area contributed by atoms with E-state index in [1.807, 2.05) is 33.3 Å². The number of likely N-dealkylation sites (N-methyl/N-ethyl adjacent to an activating group) is 1. The molecule has 0 aliphatic carbocycles. The summed E-state index contributed by atoms with van der Waals surface area (Å²) in [6.07, 6.45) is 75.7. The van der Waals surface area contributed by atoms with Crippen LogP contribution >= 0.6 is 7.82 Å². The van der Waals surface area contributed by atoms with Crippen molar-refractivity contribution in [1.29, 1.82) is 0 Å². The first kappa shape index (κ1) is 75.2. The number of amides is 1. The number of hydrogen-bond donors (Lipinski definition) is 1. The van der Waals surface area contributed by atoms with Crippen LogP contribution in [0.1, 0.15) is 284 Å². The van der Waals surface area contributed by atoms with Crippen LogP contribution in [0.4, 0.5) is 0 Å². The van der Waals surface area contributed by atoms with Gasteiger partial charge in [-0.3, -0.25) is 14.2 Å². The van der Waals surface area contributed by atoms with Crippen LogP contribution in [0.2, 0.25) is 0 Å². The first-order valence-corrected chi connectivity index (χ1v) is 33.9. The van der Waals surface area contributed by atoms with Crippen LogP contribution < -0.4 is 10.2 Å². The third kappa shape index (κ3) is 57.9. The van der Waals surface area contributed by atoms with Gasteiger partial charge in [0.25, 0.3) is 7.82 Å². The van der Waals surface area contributed by atoms with E-state index in [9.17, 15) is 19.0 Å². The zero-order valence-corrected chi connectivity index (χ0v) is 52.5. The van der Waals surface area contributed by atoms with Gasteiger partial charge in [-0.2, -0.15) is 0 Å². The van der Waals surface area contributed by atoms with Gasteiger partial charge in [0, 0.05) is 12.8 Å². The highest BCUT2D eigenvalue weighted by molar-refractivity contribution is 7.45. The number of carbonyl (C=O) groups is 2. The number of phosphoric ester groups is 1. The number of unbranched alkanes of at least 4 members (excludes halogenated alkanes) is 30. The van der Waals surface area contributed by atoms with Crippen molar-refractivity contribution in [2.45, 2.75) is 296 Å². The summed E-state index contributed by atoms with van der Waals surface area (Å²) >= 11 is 0. The Morgan fingerprint density at radius 3 is 1.27 bits per heavy atom. The molecule has 9 nitrogen and oxygen atoms in total. The number of quaternary nitrogens is 1. The van der Waals surface area contributed by atoms with Gasteiger partial charge in [-0.15, -0.1) is 0 Å². The fourth-order valence-electron chi connectivity index (χ4n) is 9.07. The van der Waals surface area contributed by atoms with E-state index in [0.717, 1.165) is 89.9 Å². The van der Waals surface area contributed by atoms with Crippen molar-refractivity contribution >= 4 is 19.7 Å². The lowest BCUT2D eigenvalue weighted by atomic mass is 10.0. The van der Waals surface area contributed by atoms with Crippen molar-refractivity contribution in [3.05, 3.63) is 85.1 Å². The highest BCUT2D eigenvalue weighted by atomic mass is 31.2. The molecule has 1 N–H and O–H groups in total. The van der Waals surface area contributed by atoms with Gasteiger partial charge in [0.05, 0.1) is 33.8 Å². The number of nitrogens with zero attached hydrogens (tertiary/aromatic N) is 1. The topological polar surface area (TPSA) is 114 Å². The van der Waals surface area contributed by atoms with E-state index in [0.29, 0.717) is 17.4 Å². The maximum Gasteiger partial charge on any atom is 0.306 e. The lowest BCUT2D eigenvalue weighted by molar-refractivity contribution is -0.870. The van der Waals surface area contributed by atoms with E-state index in [1.54, 1.807) is 0 Å². The molecule has 3 unspecified atom stereocenters. The molecule has 0 radical (unpaired) electrons. The number of ether oxygens (including phenoxy) is 1. The third-order valence-corrected chi connectivity index (χ3v) is 15.0. The van der Waals surface area contributed by atoms with E-state index in [-0.39, 0.29) is 31.3 Å². The first-order chi connectivity index (χ1) is 37.9. The Kier molecular flexibility index (Phi) is 55.4. The average molecular weight is 1110 g/mol. The molecule has 0 fully saturated rings. The molecule has 0 aromatic heterocycles. The first-order valence-electron chi connectivity index (χ1n) is 32.4. The molecule has 78 heavy (non-hydrogen) atoms. The fourth-order valence-corrected chi connectivity index (χ4v) is 9.80. The van der Waals surface area contributed by atoms with Gasteiger partial charge in [0.2, 0.25) is 5.91 Å². The molecule has 3 atom stereocenters. The summed E-state index contributed by atoms with van der Waals surface area (Å²) in [5.74, 6) is -0.576. The van der Waals surface area contributed by atoms with Gasteiger partial charge >= 0.3 is 5.97 Å². The Hall–Kier alpha value is -2.81. The standard InChI is InChI=1S/C68H123N2O7P/c1-7-10-13-16-19-22-25-27-29-31-32-33-34-35-36-37-38-39-41-43-46-49-52-55-58-61-68(72)77-66(59-56-53-50-47-44-24-21-18-15-12-9-3)65(64-76-78(73,74)75-63-62-70(4,5)6)69-67(71)60-57-54-51-48-45-42-40-30-28-26-23-20-17-14-11-8-2/h11,14,19-20,22-23,27-30,42,45,56,59,65-66H,7-10,12-13,15-18,21,24-26,31-41,43-44,46-55,57-58,60-64H2,1-6H3,(H-,69,71,73,74)/b14-11+,22-19-,23-20+,29-27-,30-28+,45-42+,59-56-. The van der Waals surface area contributed by atoms with Crippen LogP contribution in [0.5, 0.6) is 0 Å². The van der Waals surface area contributed by atoms with Gasteiger partial charge in [-0.05, 0) is 102 Å². The molecule has 0 saturated heterocycles. The Bertz CT molecular complexity index is 1610. The van der Waals surface area contributed by atoms with Gasteiger partial charge < -0.3 is 28.5 Å². The predicted octanol–water partition coefficient (Wildman–Crippen LogP) is 19.5. The summed E-state index contributed by atoms with van der Waals surface area (Å²) in [4.78, 5) is 40.0. The summed E-state index contributed by atoms with van der Waals surface area (Å²) in [5, 5.41) is 3.01. The van der Waals surface area contributed by atoms with Crippen molar-refractivity contribution < 1.29 is 37.3 Å². The number of nitrogens with one attached hydrogen (secondary N) is 1. The van der Waals surface area contributed by atoms with Crippen molar-refractivity contribution in [2.75, 3.05) is 40.9 Å². The Morgan fingerprint density at radius 1 is 0.462 bits per heavy atom. The van der Waals surface area contributed by atoms with Crippen LogP contribution in [-0.4, -0.2) is 69.4 Å². The maximum atomic E-state index is 13.5. The molecule has 0 aliphatic heterocycles. The van der Waals surface area contributed by atoms with Gasteiger partial charge in [0.15, 0.2) is 0 Å². The second kappa shape index (κ2) is 57.4. The Labute approximate surface area is 482 Å². The molecule has 0 rings (SSSR count). The molecule has 0 saturated carbocycles. The highest BCUT2D eigenvalue weighted by Gasteiger charge is 2.27. The molecular formula is C68H123N2O7P. The molecule has 0 bridgehead atoms. The predicted molar refractivity (Wildman–Crippen MR) is 335 cm³/mol. The quantitative estimate of drug-likeness (QED) is 0.0212. The zero-order chi connectivity index (χ0) is 57.2. The van der Waals surface area contributed by atoms with Crippen LogP contribution in [-0.2, 0) is 27.9 Å². The van der Waals surface area contributed by atoms with Crippen LogP contribution in [0.15, 0.2) is 85.1 Å². The Balaban J connectivity index is 5.11. The number of rotatable bonds is 58. The summed E-state index contributed by atoms with van der Waals surface area (Å²) in [6, 6.07) is -0.908. The lowest BCUT2D eigenvalue weighted by Gasteiger charge is -2.30. The molecule has 452 valence electrons. The summed E-state index contributed by atoms with van der Waals surface area (Å²) in [6.45, 7) is 6.68. The summed E-state index contributed by atoms with van der Waals surface area (Å²) in [5.41, 5.74) is 0. The van der Waals surface area contributed by atoms with E-state index in [1.165, 1.54) is 154 Å². The third-order valence-electron chi connectivity index (χ3n) is 14.1. The highest BCUT2D eigenvalue weighted by Crippen LogP contribution is 2.38. The monoisotopic (exact) mass is 1110 g/mol. The molecule has 10 heteroatoms. The molecular weight excluding hydrogens is 988 g/mol. The number of phosphoric acid groups is 1. The number of allylic oxidation sites excluding steroid dienone is 13. The van der Waals surface area contributed by atoms with Crippen molar-refractivity contribution in [3.8, 4) is 0 Å². The average Bonchev–Trinajstić information content (AvgIpc) is 3.40. The van der Waals surface area contributed by atoms with Crippen molar-refractivity contribution in [1.82, 2.24) is 5.32 Å². The minimum atomic E-state index is -4.71. The minimum absolute atomic E-state index is 0.0313. The van der Waals surface area contributed by atoms with Gasteiger partial charge in [-0.25, -0.2) is 0 Å². The zero-order valence-electron chi connectivity index (χ0n) is 51.6. The number of carbonyl (C=O) groups excluding carboxylic acids is 2. The molecule has 0 aliphatic rings. The normalized spacial score (nSPS) is 14.2. The van der Waals surface area contributed by atoms with Crippen LogP contribution in [0.3, 0.4) is 0 Å². The Morgan fingerprint density at radius 2 is 0.821 bits per heavy atom. The molecule has 1 amide bonds. The van der Waals surface area contributed by atoms with Gasteiger partial charge in [-0.1, -0.05) is 254 Å². The lowest BCUT2D eigenvalue weighted by Crippen LogP contribution is -2.47. The smallest absolute Gasteiger partial charge is 0.306 e. The summed E-state index contributed by atoms with van der Waals surface area (Å²) in [7, 11) is 1.16. The second-order valence-electron chi connectivity index (χ2n) is 22.9. The number of hydrogen-bond acceptors (Lipinski definition) is 7. The second-order valence-corrected chi connectivity index (χ2v) is 24.3. The molecule has 0 heterocycles. The van der Waals surface area contributed by atoms with Crippen LogP contribution in [0.25, 0.3) is 0 Å². The molecule has 0 aromatic rings. The SMILES string of the molecule is CC/C=C/C/C=C/C/C=C/C/C=C/CCCCCC(=O)NC(COP(=O)([O-])OCC[N+](C)(C)C)C(/C=C\CCCCCCCCCCC)OC(=O)CCCCCCCCCCCCCCCCC/C=C\C/C=C\CCCCC. The fraction of sp³-hybridized carbons (Fsp3) is 0.765. The van der Waals surface area contributed by atoms with E-state index >= 15 is 0 Å². The van der Waals surface area contributed by atoms with Crippen molar-refractivity contribution in [2.24, 2.45) is 0 Å². The van der Waals surface area contributed by atoms with E-state index < -0.39 is 26.6 Å². The molecule has 0 spiro atoms. The van der Waals surface area contributed by atoms with Crippen LogP contribution in [0, 0.1) is 0 Å². The largest absolute Gasteiger partial charge is 0.756 e. The maximum absolute atomic E-state index is 13.5.